The van der Waals surface area contributed by atoms with Gasteiger partial charge in [0.25, 0.3) is 0 Å². The van der Waals surface area contributed by atoms with Crippen molar-refractivity contribution in [1.82, 2.24) is 19.5 Å². The molecule has 1 saturated heterocycles. The average Bonchev–Trinajstić information content (AvgIpc) is 3.52. The molecule has 3 aromatic heterocycles. The minimum absolute atomic E-state index is 0.154. The number of hydrogen-bond acceptors (Lipinski definition) is 7. The standard InChI is InChI=1S/C23H17ClN4O4/c1-14(29)32-17-11-13-31-23(17)28-21(16-8-5-12-30-16)27-19-20(24)25-18(26-22(19)28)10-9-15-6-3-2-4-7-15/h2-8,12,17,23H,11,13H2,1H3/t17-,23-/m1/s1. The largest absolute Gasteiger partial charge is 0.461 e. The molecular weight excluding hydrogens is 432 g/mol. The second-order valence-corrected chi connectivity index (χ2v) is 7.46. The van der Waals surface area contributed by atoms with E-state index in [0.717, 1.165) is 5.56 Å². The summed E-state index contributed by atoms with van der Waals surface area (Å²) in [7, 11) is 0. The van der Waals surface area contributed by atoms with E-state index in [9.17, 15) is 4.79 Å². The summed E-state index contributed by atoms with van der Waals surface area (Å²) < 4.78 is 18.7. The summed E-state index contributed by atoms with van der Waals surface area (Å²) >= 11 is 6.47. The quantitative estimate of drug-likeness (QED) is 0.266. The summed E-state index contributed by atoms with van der Waals surface area (Å²) in [5, 5.41) is 0.154. The van der Waals surface area contributed by atoms with Crippen LogP contribution < -0.4 is 0 Å². The first-order valence-electron chi connectivity index (χ1n) is 9.95. The van der Waals surface area contributed by atoms with Crippen molar-refractivity contribution in [2.45, 2.75) is 25.7 Å². The van der Waals surface area contributed by atoms with Crippen LogP contribution in [0.3, 0.4) is 0 Å². The maximum absolute atomic E-state index is 11.6. The number of halogens is 1. The Morgan fingerprint density at radius 2 is 2.00 bits per heavy atom. The first-order chi connectivity index (χ1) is 15.6. The Morgan fingerprint density at radius 1 is 1.16 bits per heavy atom. The van der Waals surface area contributed by atoms with Crippen LogP contribution in [0, 0.1) is 11.8 Å². The third kappa shape index (κ3) is 3.84. The second kappa shape index (κ2) is 8.46. The molecule has 5 rings (SSSR count). The van der Waals surface area contributed by atoms with E-state index in [-0.39, 0.29) is 11.0 Å². The zero-order valence-corrected chi connectivity index (χ0v) is 17.7. The van der Waals surface area contributed by atoms with Crippen LogP contribution >= 0.6 is 11.6 Å². The number of carbonyl (C=O) groups is 1. The highest BCUT2D eigenvalue weighted by Crippen LogP contribution is 2.36. The highest BCUT2D eigenvalue weighted by Gasteiger charge is 2.36. The predicted molar refractivity (Wildman–Crippen MR) is 116 cm³/mol. The molecule has 0 unspecified atom stereocenters. The van der Waals surface area contributed by atoms with E-state index < -0.39 is 18.3 Å². The normalized spacial score (nSPS) is 17.8. The highest BCUT2D eigenvalue weighted by atomic mass is 35.5. The van der Waals surface area contributed by atoms with Crippen molar-refractivity contribution in [2.24, 2.45) is 0 Å². The Kier molecular flexibility index (Phi) is 5.35. The second-order valence-electron chi connectivity index (χ2n) is 7.11. The molecule has 0 aliphatic carbocycles. The lowest BCUT2D eigenvalue weighted by atomic mass is 10.2. The van der Waals surface area contributed by atoms with E-state index in [2.05, 4.69) is 26.8 Å². The maximum Gasteiger partial charge on any atom is 0.303 e. The van der Waals surface area contributed by atoms with Crippen LogP contribution in [0.4, 0.5) is 0 Å². The monoisotopic (exact) mass is 448 g/mol. The van der Waals surface area contributed by atoms with Gasteiger partial charge in [-0.3, -0.25) is 9.36 Å². The van der Waals surface area contributed by atoms with Crippen LogP contribution in [0.25, 0.3) is 22.7 Å². The van der Waals surface area contributed by atoms with Gasteiger partial charge in [-0.15, -0.1) is 0 Å². The molecule has 1 fully saturated rings. The van der Waals surface area contributed by atoms with Crippen molar-refractivity contribution in [2.75, 3.05) is 6.61 Å². The molecular formula is C23H17ClN4O4. The van der Waals surface area contributed by atoms with Gasteiger partial charge in [-0.25, -0.2) is 15.0 Å². The van der Waals surface area contributed by atoms with E-state index in [1.54, 1.807) is 23.0 Å². The van der Waals surface area contributed by atoms with Gasteiger partial charge in [0.05, 0.1) is 12.9 Å². The molecule has 0 amide bonds. The predicted octanol–water partition coefficient (Wildman–Crippen LogP) is 3.99. The molecule has 0 spiro atoms. The van der Waals surface area contributed by atoms with E-state index >= 15 is 0 Å². The minimum atomic E-state index is -0.648. The molecule has 4 aromatic rings. The number of carbonyl (C=O) groups excluding carboxylic acids is 1. The van der Waals surface area contributed by atoms with Crippen LogP contribution in [0.1, 0.15) is 31.0 Å². The van der Waals surface area contributed by atoms with Crippen LogP contribution in [0.5, 0.6) is 0 Å². The first-order valence-corrected chi connectivity index (χ1v) is 10.3. The van der Waals surface area contributed by atoms with Gasteiger partial charge >= 0.3 is 5.97 Å². The fourth-order valence-electron chi connectivity index (χ4n) is 3.59. The Hall–Kier alpha value is -3.67. The molecule has 32 heavy (non-hydrogen) atoms. The van der Waals surface area contributed by atoms with Gasteiger partial charge in [0.2, 0.25) is 5.82 Å². The molecule has 8 nitrogen and oxygen atoms in total. The topological polar surface area (TPSA) is 92.3 Å². The summed E-state index contributed by atoms with van der Waals surface area (Å²) in [5.41, 5.74) is 1.62. The van der Waals surface area contributed by atoms with Crippen LogP contribution in [-0.4, -0.2) is 38.2 Å². The number of imidazole rings is 1. The Labute approximate surface area is 188 Å². The van der Waals surface area contributed by atoms with E-state index in [0.29, 0.717) is 35.8 Å². The van der Waals surface area contributed by atoms with Gasteiger partial charge in [-0.1, -0.05) is 35.7 Å². The highest BCUT2D eigenvalue weighted by molar-refractivity contribution is 6.33. The van der Waals surface area contributed by atoms with E-state index in [1.807, 2.05) is 30.3 Å². The molecule has 160 valence electrons. The molecule has 0 radical (unpaired) electrons. The fourth-order valence-corrected chi connectivity index (χ4v) is 3.80. The summed E-state index contributed by atoms with van der Waals surface area (Å²) in [4.78, 5) is 25.2. The van der Waals surface area contributed by atoms with Crippen molar-refractivity contribution in [3.63, 3.8) is 0 Å². The molecule has 4 heterocycles. The number of esters is 1. The summed E-state index contributed by atoms with van der Waals surface area (Å²) in [6.07, 6.45) is 0.930. The van der Waals surface area contributed by atoms with Gasteiger partial charge in [0.15, 0.2) is 28.6 Å². The molecule has 1 aromatic carbocycles. The number of benzene rings is 1. The number of furan rings is 1. The zero-order valence-electron chi connectivity index (χ0n) is 17.0. The molecule has 0 N–H and O–H groups in total. The SMILES string of the molecule is CC(=O)O[C@@H]1CCO[C@H]1n1c(-c2ccco2)nc2c(Cl)nc(C#Cc3ccccc3)nc21. The lowest BCUT2D eigenvalue weighted by molar-refractivity contribution is -0.151. The number of fused-ring (bicyclic) bond motifs is 1. The number of hydrogen-bond donors (Lipinski definition) is 0. The Morgan fingerprint density at radius 3 is 2.75 bits per heavy atom. The first kappa shape index (κ1) is 20.2. The third-order valence-electron chi connectivity index (χ3n) is 4.91. The van der Waals surface area contributed by atoms with Crippen LogP contribution in [0.2, 0.25) is 5.15 Å². The van der Waals surface area contributed by atoms with Gasteiger partial charge in [0, 0.05) is 18.9 Å². The number of nitrogens with zero attached hydrogens (tertiary/aromatic N) is 4. The molecule has 1 aliphatic heterocycles. The molecule has 9 heteroatoms. The van der Waals surface area contributed by atoms with E-state index in [4.69, 9.17) is 25.5 Å². The Bertz CT molecular complexity index is 1340. The minimum Gasteiger partial charge on any atom is -0.461 e. The van der Waals surface area contributed by atoms with Crippen LogP contribution in [0.15, 0.2) is 53.1 Å². The number of aromatic nitrogens is 4. The molecule has 0 saturated carbocycles. The van der Waals surface area contributed by atoms with Crippen molar-refractivity contribution < 1.29 is 18.7 Å². The van der Waals surface area contributed by atoms with Gasteiger partial charge in [-0.05, 0) is 30.2 Å². The average molecular weight is 449 g/mol. The third-order valence-corrected chi connectivity index (χ3v) is 5.18. The van der Waals surface area contributed by atoms with Crippen molar-refractivity contribution in [1.29, 1.82) is 0 Å². The summed E-state index contributed by atoms with van der Waals surface area (Å²) in [5.74, 6) is 6.76. The molecule has 2 atom stereocenters. The lowest BCUT2D eigenvalue weighted by Crippen LogP contribution is -2.25. The summed E-state index contributed by atoms with van der Waals surface area (Å²) in [6, 6.07) is 13.0. The number of rotatable bonds is 3. The van der Waals surface area contributed by atoms with E-state index in [1.165, 1.54) is 6.92 Å². The maximum atomic E-state index is 11.6. The fraction of sp³-hybridized carbons (Fsp3) is 0.217. The van der Waals surface area contributed by atoms with Crippen molar-refractivity contribution in [3.05, 3.63) is 65.3 Å². The van der Waals surface area contributed by atoms with Crippen molar-refractivity contribution >= 4 is 28.7 Å². The van der Waals surface area contributed by atoms with Gasteiger partial charge in [-0.2, -0.15) is 0 Å². The Balaban J connectivity index is 1.67. The van der Waals surface area contributed by atoms with Crippen LogP contribution in [-0.2, 0) is 14.3 Å². The van der Waals surface area contributed by atoms with Crippen molar-refractivity contribution in [3.8, 4) is 23.4 Å². The van der Waals surface area contributed by atoms with Gasteiger partial charge < -0.3 is 13.9 Å². The number of ether oxygens (including phenoxy) is 2. The molecule has 1 aliphatic rings. The molecule has 0 bridgehead atoms. The zero-order chi connectivity index (χ0) is 22.1. The van der Waals surface area contributed by atoms with Gasteiger partial charge in [0.1, 0.15) is 11.6 Å². The smallest absolute Gasteiger partial charge is 0.303 e. The summed E-state index contributed by atoms with van der Waals surface area (Å²) in [6.45, 7) is 1.78. The lowest BCUT2D eigenvalue weighted by Gasteiger charge is -2.21.